The molecule has 0 saturated carbocycles. The molecule has 24 heavy (non-hydrogen) atoms. The van der Waals surface area contributed by atoms with Gasteiger partial charge in [0.2, 0.25) is 0 Å². The molecule has 0 aromatic rings. The molecule has 0 heterocycles. The van der Waals surface area contributed by atoms with Crippen molar-refractivity contribution in [1.29, 1.82) is 0 Å². The van der Waals surface area contributed by atoms with Gasteiger partial charge in [0.25, 0.3) is 0 Å². The topological polar surface area (TPSA) is 46.5 Å². The summed E-state index contributed by atoms with van der Waals surface area (Å²) >= 11 is 0. The van der Waals surface area contributed by atoms with Gasteiger partial charge in [-0.1, -0.05) is 103 Å². The number of rotatable bonds is 18. The summed E-state index contributed by atoms with van der Waals surface area (Å²) in [5.41, 5.74) is 0. The molecule has 0 fully saturated rings. The Morgan fingerprint density at radius 3 is 1.33 bits per heavy atom. The number of hydrogen-bond acceptors (Lipinski definition) is 3. The molecule has 0 rings (SSSR count). The van der Waals surface area contributed by atoms with E-state index in [-0.39, 0.29) is 29.6 Å². The van der Waals surface area contributed by atoms with Gasteiger partial charge in [-0.2, -0.15) is 0 Å². The molecule has 0 aromatic heterocycles. The van der Waals surface area contributed by atoms with E-state index in [0.717, 1.165) is 12.8 Å². The van der Waals surface area contributed by atoms with Gasteiger partial charge in [-0.3, -0.25) is 0 Å². The first-order chi connectivity index (χ1) is 11.3. The zero-order valence-corrected chi connectivity index (χ0v) is 18.5. The normalized spacial score (nSPS) is 10.4. The number of unbranched alkanes of at least 4 members (excludes halogenated alkanes) is 15. The smallest absolute Gasteiger partial charge is 0.331 e. The molecule has 1 N–H and O–H groups in total. The number of aliphatic hydroxyl groups excluding tert-OH is 1. The van der Waals surface area contributed by atoms with Crippen molar-refractivity contribution in [3.05, 3.63) is 0 Å². The fourth-order valence-corrected chi connectivity index (χ4v) is 2.88. The van der Waals surface area contributed by atoms with Crippen LogP contribution in [0.25, 0.3) is 0 Å². The molecule has 0 bridgehead atoms. The minimum atomic E-state index is -0.508. The third kappa shape index (κ3) is 22.4. The van der Waals surface area contributed by atoms with Crippen molar-refractivity contribution in [1.82, 2.24) is 0 Å². The predicted octanol–water partition coefficient (Wildman–Crippen LogP) is 5.40. The van der Waals surface area contributed by atoms with Crippen LogP contribution in [0.1, 0.15) is 110 Å². The van der Waals surface area contributed by atoms with Crippen molar-refractivity contribution in [2.45, 2.75) is 110 Å². The molecule has 1 radical (unpaired) electrons. The van der Waals surface area contributed by atoms with Gasteiger partial charge in [0.15, 0.2) is 0 Å². The minimum absolute atomic E-state index is 0. The van der Waals surface area contributed by atoms with Crippen molar-refractivity contribution in [2.24, 2.45) is 0 Å². The summed E-state index contributed by atoms with van der Waals surface area (Å²) in [5.74, 6) is -0.508. The van der Waals surface area contributed by atoms with E-state index in [1.54, 1.807) is 0 Å². The number of ether oxygens (including phenoxy) is 1. The second kappa shape index (κ2) is 23.4. The number of carbonyl (C=O) groups excluding carboxylic acids is 1. The van der Waals surface area contributed by atoms with Crippen LogP contribution in [0.4, 0.5) is 0 Å². The molecule has 0 saturated heterocycles. The molecular formula is C20H40NaO3. The average Bonchev–Trinajstić information content (AvgIpc) is 2.57. The number of carbonyl (C=O) groups is 1. The van der Waals surface area contributed by atoms with Gasteiger partial charge in [0, 0.05) is 29.6 Å². The van der Waals surface area contributed by atoms with Crippen molar-refractivity contribution in [2.75, 3.05) is 13.2 Å². The largest absolute Gasteiger partial charge is 0.464 e. The first kappa shape index (κ1) is 26.7. The van der Waals surface area contributed by atoms with Crippen LogP contribution in [0.15, 0.2) is 0 Å². The summed E-state index contributed by atoms with van der Waals surface area (Å²) in [4.78, 5) is 10.7. The molecule has 0 unspecified atom stereocenters. The van der Waals surface area contributed by atoms with Crippen LogP contribution in [0, 0.1) is 0 Å². The third-order valence-electron chi connectivity index (χ3n) is 4.39. The van der Waals surface area contributed by atoms with Crippen LogP contribution in [0.5, 0.6) is 0 Å². The first-order valence-corrected chi connectivity index (χ1v) is 10.1. The van der Waals surface area contributed by atoms with E-state index in [1.165, 1.54) is 89.9 Å². The minimum Gasteiger partial charge on any atom is -0.464 e. The Hall–Kier alpha value is 0.430. The number of esters is 1. The van der Waals surface area contributed by atoms with E-state index < -0.39 is 12.6 Å². The maximum absolute atomic E-state index is 10.7. The summed E-state index contributed by atoms with van der Waals surface area (Å²) in [6.45, 7) is 2.23. The Kier molecular flexibility index (Phi) is 26.0. The van der Waals surface area contributed by atoms with E-state index in [4.69, 9.17) is 9.84 Å². The zero-order valence-electron chi connectivity index (χ0n) is 16.5. The maximum Gasteiger partial charge on any atom is 0.331 e. The second-order valence-electron chi connectivity index (χ2n) is 6.68. The van der Waals surface area contributed by atoms with Crippen LogP contribution in [-0.4, -0.2) is 53.8 Å². The van der Waals surface area contributed by atoms with Crippen molar-refractivity contribution < 1.29 is 14.6 Å². The van der Waals surface area contributed by atoms with Gasteiger partial charge in [0.05, 0.1) is 6.61 Å². The van der Waals surface area contributed by atoms with Crippen LogP contribution in [0.2, 0.25) is 0 Å². The average molecular weight is 352 g/mol. The van der Waals surface area contributed by atoms with Gasteiger partial charge < -0.3 is 9.84 Å². The van der Waals surface area contributed by atoms with Gasteiger partial charge in [-0.25, -0.2) is 4.79 Å². The Bertz CT molecular complexity index is 247. The van der Waals surface area contributed by atoms with Crippen molar-refractivity contribution in [3.63, 3.8) is 0 Å². The SMILES string of the molecule is CCCCCCCCCCCCCCCCCCOC(=O)CO.[Na]. The van der Waals surface area contributed by atoms with Crippen LogP contribution in [0.3, 0.4) is 0 Å². The van der Waals surface area contributed by atoms with Gasteiger partial charge >= 0.3 is 5.97 Å². The van der Waals surface area contributed by atoms with E-state index in [1.807, 2.05) is 0 Å². The molecule has 0 aromatic carbocycles. The molecule has 0 aliphatic heterocycles. The molecule has 0 atom stereocenters. The molecule has 0 spiro atoms. The molecule has 0 aliphatic carbocycles. The van der Waals surface area contributed by atoms with Crippen LogP contribution < -0.4 is 0 Å². The fraction of sp³-hybridized carbons (Fsp3) is 0.950. The Labute approximate surface area is 172 Å². The maximum atomic E-state index is 10.7. The Morgan fingerprint density at radius 1 is 0.667 bits per heavy atom. The van der Waals surface area contributed by atoms with E-state index in [2.05, 4.69) is 6.92 Å². The summed E-state index contributed by atoms with van der Waals surface area (Å²) in [6, 6.07) is 0. The predicted molar refractivity (Wildman–Crippen MR) is 103 cm³/mol. The third-order valence-corrected chi connectivity index (χ3v) is 4.39. The molecule has 139 valence electrons. The van der Waals surface area contributed by atoms with E-state index in [9.17, 15) is 4.79 Å². The molecular weight excluding hydrogens is 311 g/mol. The van der Waals surface area contributed by atoms with E-state index >= 15 is 0 Å². The van der Waals surface area contributed by atoms with E-state index in [0.29, 0.717) is 6.61 Å². The summed E-state index contributed by atoms with van der Waals surface area (Å²) in [7, 11) is 0. The molecule has 0 amide bonds. The Morgan fingerprint density at radius 2 is 1.00 bits per heavy atom. The summed E-state index contributed by atoms with van der Waals surface area (Å²) in [6.07, 6.45) is 21.4. The van der Waals surface area contributed by atoms with Gasteiger partial charge in [-0.15, -0.1) is 0 Å². The molecule has 4 heteroatoms. The van der Waals surface area contributed by atoms with Crippen LogP contribution in [-0.2, 0) is 9.53 Å². The van der Waals surface area contributed by atoms with Gasteiger partial charge in [-0.05, 0) is 6.42 Å². The summed E-state index contributed by atoms with van der Waals surface area (Å²) in [5, 5.41) is 8.50. The number of aliphatic hydroxyl groups is 1. The first-order valence-electron chi connectivity index (χ1n) is 10.1. The monoisotopic (exact) mass is 351 g/mol. The molecule has 0 aliphatic rings. The number of hydrogen-bond donors (Lipinski definition) is 1. The molecule has 3 nitrogen and oxygen atoms in total. The quantitative estimate of drug-likeness (QED) is 0.204. The fourth-order valence-electron chi connectivity index (χ4n) is 2.88. The standard InChI is InChI=1S/C20H40O3.Na/c1-2-3-4-5-6-7-8-9-10-11-12-13-14-15-16-17-18-23-20(22)19-21;/h21H,2-19H2,1H3;. The van der Waals surface area contributed by atoms with Crippen molar-refractivity contribution >= 4 is 35.5 Å². The Balaban J connectivity index is 0. The van der Waals surface area contributed by atoms with Crippen LogP contribution >= 0.6 is 0 Å². The zero-order chi connectivity index (χ0) is 17.0. The van der Waals surface area contributed by atoms with Crippen molar-refractivity contribution in [3.8, 4) is 0 Å². The summed E-state index contributed by atoms with van der Waals surface area (Å²) < 4.78 is 4.82. The second-order valence-corrected chi connectivity index (χ2v) is 6.68. The van der Waals surface area contributed by atoms with Gasteiger partial charge in [0.1, 0.15) is 6.61 Å².